The van der Waals surface area contributed by atoms with Crippen molar-refractivity contribution in [2.75, 3.05) is 11.9 Å². The van der Waals surface area contributed by atoms with Crippen LogP contribution in [0.1, 0.15) is 5.56 Å². The molecule has 0 atom stereocenters. The van der Waals surface area contributed by atoms with Crippen molar-refractivity contribution in [3.63, 3.8) is 0 Å². The van der Waals surface area contributed by atoms with Crippen LogP contribution in [0.5, 0.6) is 5.75 Å². The van der Waals surface area contributed by atoms with Crippen molar-refractivity contribution in [1.82, 2.24) is 0 Å². The van der Waals surface area contributed by atoms with Crippen LogP contribution in [0.2, 0.25) is 0 Å². The summed E-state index contributed by atoms with van der Waals surface area (Å²) < 4.78 is 5.24. The van der Waals surface area contributed by atoms with E-state index in [0.29, 0.717) is 16.4 Å². The van der Waals surface area contributed by atoms with Crippen molar-refractivity contribution in [3.05, 3.63) is 60.2 Å². The number of ether oxygens (including phenoxy) is 1. The number of anilines is 1. The summed E-state index contributed by atoms with van der Waals surface area (Å²) >= 11 is 4.88. The molecule has 0 bridgehead atoms. The van der Waals surface area contributed by atoms with Crippen LogP contribution >= 0.6 is 12.2 Å². The average Bonchev–Trinajstić information content (AvgIpc) is 2.47. The Morgan fingerprint density at radius 2 is 1.70 bits per heavy atom. The van der Waals surface area contributed by atoms with E-state index < -0.39 is 6.09 Å². The maximum Gasteiger partial charge on any atom is 0.419 e. The van der Waals surface area contributed by atoms with E-state index in [1.807, 2.05) is 6.07 Å². The third-order valence-corrected chi connectivity index (χ3v) is 3.00. The van der Waals surface area contributed by atoms with Crippen LogP contribution in [-0.2, 0) is 0 Å². The van der Waals surface area contributed by atoms with Gasteiger partial charge in [-0.3, -0.25) is 4.90 Å². The first-order valence-corrected chi connectivity index (χ1v) is 6.39. The van der Waals surface area contributed by atoms with Crippen LogP contribution in [0.4, 0.5) is 10.5 Å². The summed E-state index contributed by atoms with van der Waals surface area (Å²) in [5.41, 5.74) is 6.99. The van der Waals surface area contributed by atoms with E-state index in [1.54, 1.807) is 55.6 Å². The zero-order valence-corrected chi connectivity index (χ0v) is 11.8. The van der Waals surface area contributed by atoms with Gasteiger partial charge in [0.25, 0.3) is 0 Å². The molecule has 0 aliphatic heterocycles. The Morgan fingerprint density at radius 3 is 2.25 bits per heavy atom. The predicted molar refractivity (Wildman–Crippen MR) is 83.2 cm³/mol. The van der Waals surface area contributed by atoms with Crippen molar-refractivity contribution in [2.24, 2.45) is 5.73 Å². The van der Waals surface area contributed by atoms with Gasteiger partial charge in [0.2, 0.25) is 0 Å². The Bertz CT molecular complexity index is 612. The van der Waals surface area contributed by atoms with Crippen LogP contribution < -0.4 is 15.4 Å². The Morgan fingerprint density at radius 1 is 1.10 bits per heavy atom. The van der Waals surface area contributed by atoms with E-state index in [4.69, 9.17) is 22.7 Å². The molecule has 1 amide bonds. The van der Waals surface area contributed by atoms with E-state index >= 15 is 0 Å². The Labute approximate surface area is 122 Å². The molecule has 0 aliphatic carbocycles. The van der Waals surface area contributed by atoms with Gasteiger partial charge in [0.15, 0.2) is 0 Å². The van der Waals surface area contributed by atoms with E-state index in [9.17, 15) is 4.79 Å². The monoisotopic (exact) mass is 286 g/mol. The third kappa shape index (κ3) is 3.33. The molecule has 2 rings (SSSR count). The minimum absolute atomic E-state index is 0.325. The number of nitrogens with zero attached hydrogens (tertiary/aromatic N) is 1. The van der Waals surface area contributed by atoms with Crippen LogP contribution in [0.25, 0.3) is 0 Å². The number of hydrogen-bond acceptors (Lipinski definition) is 3. The number of benzene rings is 2. The summed E-state index contributed by atoms with van der Waals surface area (Å²) in [5.74, 6) is 0.504. The Hall–Kier alpha value is -2.40. The molecule has 0 fully saturated rings. The molecule has 0 unspecified atom stereocenters. The molecule has 2 aromatic rings. The normalized spacial score (nSPS) is 9.85. The highest BCUT2D eigenvalue weighted by Crippen LogP contribution is 2.16. The number of carbonyl (C=O) groups excluding carboxylic acids is 1. The van der Waals surface area contributed by atoms with Gasteiger partial charge in [-0.2, -0.15) is 0 Å². The van der Waals surface area contributed by atoms with Gasteiger partial charge < -0.3 is 10.5 Å². The second kappa shape index (κ2) is 6.16. The van der Waals surface area contributed by atoms with Crippen LogP contribution in [0.3, 0.4) is 0 Å². The van der Waals surface area contributed by atoms with Gasteiger partial charge in [0.1, 0.15) is 10.7 Å². The molecule has 0 saturated heterocycles. The molecule has 2 aromatic carbocycles. The van der Waals surface area contributed by atoms with E-state index in [1.165, 1.54) is 4.90 Å². The predicted octanol–water partition coefficient (Wildman–Crippen LogP) is 2.96. The summed E-state index contributed by atoms with van der Waals surface area (Å²) in [6.45, 7) is 0. The lowest BCUT2D eigenvalue weighted by Gasteiger charge is -2.17. The largest absolute Gasteiger partial charge is 0.419 e. The number of amides is 1. The molecule has 0 aromatic heterocycles. The Kier molecular flexibility index (Phi) is 4.32. The maximum absolute atomic E-state index is 12.0. The molecular formula is C15H14N2O2S. The van der Waals surface area contributed by atoms with Crippen molar-refractivity contribution < 1.29 is 9.53 Å². The maximum atomic E-state index is 12.0. The number of hydrogen-bond donors (Lipinski definition) is 1. The molecule has 0 aliphatic rings. The first-order valence-electron chi connectivity index (χ1n) is 5.98. The Balaban J connectivity index is 2.08. The number of carbonyl (C=O) groups is 1. The fourth-order valence-corrected chi connectivity index (χ4v) is 1.75. The standard InChI is InChI=1S/C15H14N2O2S/c1-17(12-9-7-11(8-10-12)14(16)20)15(18)19-13-5-3-2-4-6-13/h2-10H,1H3,(H2,16,20). The van der Waals surface area contributed by atoms with E-state index in [0.717, 1.165) is 5.56 Å². The van der Waals surface area contributed by atoms with Gasteiger partial charge in [0.05, 0.1) is 0 Å². The highest BCUT2D eigenvalue weighted by molar-refractivity contribution is 7.80. The van der Waals surface area contributed by atoms with Gasteiger partial charge in [0, 0.05) is 18.3 Å². The second-order valence-electron chi connectivity index (χ2n) is 4.15. The molecular weight excluding hydrogens is 272 g/mol. The quantitative estimate of drug-likeness (QED) is 0.881. The number of rotatable bonds is 3. The lowest BCUT2D eigenvalue weighted by molar-refractivity contribution is 0.209. The smallest absolute Gasteiger partial charge is 0.410 e. The molecule has 102 valence electrons. The summed E-state index contributed by atoms with van der Waals surface area (Å²) in [6.07, 6.45) is -0.459. The number of nitrogens with two attached hydrogens (primary N) is 1. The number of thiocarbonyl (C=S) groups is 1. The summed E-state index contributed by atoms with van der Waals surface area (Å²) in [4.78, 5) is 13.7. The van der Waals surface area contributed by atoms with Crippen molar-refractivity contribution in [1.29, 1.82) is 0 Å². The van der Waals surface area contributed by atoms with Crippen molar-refractivity contribution in [3.8, 4) is 5.75 Å². The molecule has 0 spiro atoms. The first kappa shape index (κ1) is 14.0. The topological polar surface area (TPSA) is 55.6 Å². The summed E-state index contributed by atoms with van der Waals surface area (Å²) in [5, 5.41) is 0. The summed E-state index contributed by atoms with van der Waals surface area (Å²) in [6, 6.07) is 16.0. The van der Waals surface area contributed by atoms with Crippen molar-refractivity contribution >= 4 is 29.0 Å². The molecule has 4 nitrogen and oxygen atoms in total. The fourth-order valence-electron chi connectivity index (χ4n) is 1.61. The van der Waals surface area contributed by atoms with Crippen LogP contribution in [0.15, 0.2) is 54.6 Å². The van der Waals surface area contributed by atoms with Gasteiger partial charge >= 0.3 is 6.09 Å². The van der Waals surface area contributed by atoms with Gasteiger partial charge in [-0.05, 0) is 36.4 Å². The minimum atomic E-state index is -0.459. The zero-order chi connectivity index (χ0) is 14.5. The lowest BCUT2D eigenvalue weighted by Crippen LogP contribution is -2.29. The third-order valence-electron chi connectivity index (χ3n) is 2.76. The highest BCUT2D eigenvalue weighted by Gasteiger charge is 2.13. The first-order chi connectivity index (χ1) is 9.58. The molecule has 20 heavy (non-hydrogen) atoms. The fraction of sp³-hybridized carbons (Fsp3) is 0.0667. The lowest BCUT2D eigenvalue weighted by atomic mass is 10.2. The van der Waals surface area contributed by atoms with Crippen molar-refractivity contribution in [2.45, 2.75) is 0 Å². The zero-order valence-electron chi connectivity index (χ0n) is 10.9. The van der Waals surface area contributed by atoms with Gasteiger partial charge in [-0.1, -0.05) is 30.4 Å². The summed E-state index contributed by atoms with van der Waals surface area (Å²) in [7, 11) is 1.64. The SMILES string of the molecule is CN(C(=O)Oc1ccccc1)c1ccc(C(N)=S)cc1. The van der Waals surface area contributed by atoms with Crippen LogP contribution in [-0.4, -0.2) is 18.1 Å². The van der Waals surface area contributed by atoms with Gasteiger partial charge in [-0.15, -0.1) is 0 Å². The van der Waals surface area contributed by atoms with E-state index in [-0.39, 0.29) is 0 Å². The highest BCUT2D eigenvalue weighted by atomic mass is 32.1. The van der Waals surface area contributed by atoms with Gasteiger partial charge in [-0.25, -0.2) is 4.79 Å². The molecule has 2 N–H and O–H groups in total. The second-order valence-corrected chi connectivity index (χ2v) is 4.59. The van der Waals surface area contributed by atoms with E-state index in [2.05, 4.69) is 0 Å². The molecule has 0 radical (unpaired) electrons. The minimum Gasteiger partial charge on any atom is -0.410 e. The number of para-hydroxylation sites is 1. The molecule has 5 heteroatoms. The van der Waals surface area contributed by atoms with Crippen LogP contribution in [0, 0.1) is 0 Å². The molecule has 0 heterocycles. The average molecular weight is 286 g/mol. The molecule has 0 saturated carbocycles.